The molecular weight excluding hydrogens is 380 g/mol. The number of aliphatic hydroxyl groups is 1. The van der Waals surface area contributed by atoms with Crippen LogP contribution in [0.1, 0.15) is 22.3 Å². The monoisotopic (exact) mass is 404 g/mol. The van der Waals surface area contributed by atoms with E-state index < -0.39 is 12.0 Å². The lowest BCUT2D eigenvalue weighted by molar-refractivity contribution is 0.0710. The first-order valence-corrected chi connectivity index (χ1v) is 9.64. The third kappa shape index (κ3) is 5.61. The second-order valence-corrected chi connectivity index (χ2v) is 7.51. The molecule has 150 valence electrons. The first-order valence-electron chi connectivity index (χ1n) is 9.26. The van der Waals surface area contributed by atoms with E-state index in [1.807, 2.05) is 19.1 Å². The molecule has 3 N–H and O–H groups in total. The van der Waals surface area contributed by atoms with Crippen molar-refractivity contribution in [3.05, 3.63) is 58.6 Å². The maximum Gasteiger partial charge on any atom is 0.252 e. The van der Waals surface area contributed by atoms with Crippen molar-refractivity contribution in [2.45, 2.75) is 25.6 Å². The number of nitrogens with zero attached hydrogens (tertiary/aromatic N) is 1. The number of likely N-dealkylation sites (tertiary alicyclic amines) is 1. The molecule has 2 atom stereocenters. The lowest BCUT2D eigenvalue weighted by atomic mass is 10.1. The van der Waals surface area contributed by atoms with Gasteiger partial charge in [-0.05, 0) is 55.3 Å². The zero-order chi connectivity index (χ0) is 20.1. The van der Waals surface area contributed by atoms with Gasteiger partial charge in [0.2, 0.25) is 0 Å². The second kappa shape index (κ2) is 9.28. The third-order valence-electron chi connectivity index (χ3n) is 4.65. The number of hydrogen-bond acceptors (Lipinski definition) is 5. The van der Waals surface area contributed by atoms with Crippen LogP contribution in [0.5, 0.6) is 11.5 Å². The highest BCUT2D eigenvalue weighted by Crippen LogP contribution is 2.22. The Kier molecular flexibility index (Phi) is 6.78. The molecule has 7 heteroatoms. The summed E-state index contributed by atoms with van der Waals surface area (Å²) in [7, 11) is 0. The molecule has 1 saturated heterocycles. The van der Waals surface area contributed by atoms with E-state index >= 15 is 0 Å². The van der Waals surface area contributed by atoms with Gasteiger partial charge in [-0.15, -0.1) is 0 Å². The van der Waals surface area contributed by atoms with Crippen molar-refractivity contribution in [3.63, 3.8) is 0 Å². The van der Waals surface area contributed by atoms with E-state index in [1.54, 1.807) is 30.3 Å². The summed E-state index contributed by atoms with van der Waals surface area (Å²) in [4.78, 5) is 13.7. The van der Waals surface area contributed by atoms with Gasteiger partial charge in [0.15, 0.2) is 0 Å². The van der Waals surface area contributed by atoms with Gasteiger partial charge in [0.05, 0.1) is 5.56 Å². The maximum atomic E-state index is 11.5. The van der Waals surface area contributed by atoms with Gasteiger partial charge in [-0.1, -0.05) is 17.7 Å². The van der Waals surface area contributed by atoms with Crippen LogP contribution < -0.4 is 15.2 Å². The van der Waals surface area contributed by atoms with Crippen LogP contribution in [0.4, 0.5) is 0 Å². The lowest BCUT2D eigenvalue weighted by Crippen LogP contribution is -2.35. The molecule has 1 heterocycles. The minimum atomic E-state index is -0.685. The molecule has 0 saturated carbocycles. The summed E-state index contributed by atoms with van der Waals surface area (Å²) in [5, 5.41) is 11.0. The van der Waals surface area contributed by atoms with E-state index in [9.17, 15) is 9.90 Å². The summed E-state index contributed by atoms with van der Waals surface area (Å²) in [6.45, 7) is 4.03. The number of carbonyl (C=O) groups excluding carboxylic acids is 1. The number of hydrogen-bond donors (Lipinski definition) is 2. The van der Waals surface area contributed by atoms with Crippen LogP contribution in [0.3, 0.4) is 0 Å². The number of nitrogens with two attached hydrogens (primary N) is 1. The van der Waals surface area contributed by atoms with E-state index in [1.165, 1.54) is 0 Å². The van der Waals surface area contributed by atoms with Gasteiger partial charge in [-0.2, -0.15) is 0 Å². The number of rotatable bonds is 8. The van der Waals surface area contributed by atoms with E-state index in [0.717, 1.165) is 30.8 Å². The number of aryl methyl sites for hydroxylation is 1. The van der Waals surface area contributed by atoms with Gasteiger partial charge in [-0.3, -0.25) is 9.69 Å². The molecule has 2 aromatic carbocycles. The summed E-state index contributed by atoms with van der Waals surface area (Å²) in [6.07, 6.45) is 0.281. The van der Waals surface area contributed by atoms with Crippen LogP contribution in [0.15, 0.2) is 42.5 Å². The Hall–Kier alpha value is -2.28. The predicted molar refractivity (Wildman–Crippen MR) is 108 cm³/mol. The molecule has 1 amide bonds. The molecule has 0 spiro atoms. The Balaban J connectivity index is 1.47. The topological polar surface area (TPSA) is 85.0 Å². The summed E-state index contributed by atoms with van der Waals surface area (Å²) in [5.74, 6) is 0.640. The first kappa shape index (κ1) is 20.5. The minimum Gasteiger partial charge on any atom is -0.490 e. The SMILES string of the molecule is Cc1ccc(C(N)=O)c(OCC(O)CN2CCC(Oc3ccc(Cl)cc3)C2)c1. The van der Waals surface area contributed by atoms with Crippen molar-refractivity contribution in [1.82, 2.24) is 4.90 Å². The largest absolute Gasteiger partial charge is 0.490 e. The van der Waals surface area contributed by atoms with Crippen molar-refractivity contribution in [3.8, 4) is 11.5 Å². The third-order valence-corrected chi connectivity index (χ3v) is 4.90. The maximum absolute atomic E-state index is 11.5. The number of aliphatic hydroxyl groups excluding tert-OH is 1. The molecular formula is C21H25ClN2O4. The van der Waals surface area contributed by atoms with Gasteiger partial charge in [0.1, 0.15) is 30.3 Å². The zero-order valence-electron chi connectivity index (χ0n) is 15.8. The number of halogens is 1. The highest BCUT2D eigenvalue weighted by atomic mass is 35.5. The van der Waals surface area contributed by atoms with Gasteiger partial charge >= 0.3 is 0 Å². The number of amides is 1. The molecule has 2 unspecified atom stereocenters. The van der Waals surface area contributed by atoms with Crippen molar-refractivity contribution in [2.75, 3.05) is 26.2 Å². The van der Waals surface area contributed by atoms with Gasteiger partial charge in [0.25, 0.3) is 5.91 Å². The number of carbonyl (C=O) groups is 1. The summed E-state index contributed by atoms with van der Waals surface area (Å²) >= 11 is 5.89. The quantitative estimate of drug-likeness (QED) is 0.706. The second-order valence-electron chi connectivity index (χ2n) is 7.07. The fraction of sp³-hybridized carbons (Fsp3) is 0.381. The molecule has 0 aromatic heterocycles. The Morgan fingerprint density at radius 2 is 2.07 bits per heavy atom. The standard InChI is InChI=1S/C21H25ClN2O4/c1-14-2-7-19(21(23)26)20(10-14)27-13-16(25)11-24-9-8-18(12-24)28-17-5-3-15(22)4-6-17/h2-7,10,16,18,25H,8-9,11-13H2,1H3,(H2,23,26). The van der Waals surface area contributed by atoms with Crippen LogP contribution in [-0.2, 0) is 0 Å². The summed E-state index contributed by atoms with van der Waals surface area (Å²) in [6, 6.07) is 12.5. The van der Waals surface area contributed by atoms with Crippen LogP contribution in [0.2, 0.25) is 5.02 Å². The summed E-state index contributed by atoms with van der Waals surface area (Å²) in [5.41, 5.74) is 6.65. The molecule has 0 bridgehead atoms. The molecule has 0 radical (unpaired) electrons. The Morgan fingerprint density at radius 1 is 1.32 bits per heavy atom. The fourth-order valence-electron chi connectivity index (χ4n) is 3.25. The molecule has 6 nitrogen and oxygen atoms in total. The minimum absolute atomic E-state index is 0.0764. The Morgan fingerprint density at radius 3 is 2.79 bits per heavy atom. The van der Waals surface area contributed by atoms with Gasteiger partial charge in [0, 0.05) is 24.7 Å². The molecule has 1 fully saturated rings. The average Bonchev–Trinajstić information content (AvgIpc) is 3.08. The average molecular weight is 405 g/mol. The molecule has 0 aliphatic carbocycles. The van der Waals surface area contributed by atoms with Crippen LogP contribution >= 0.6 is 11.6 Å². The van der Waals surface area contributed by atoms with E-state index in [4.69, 9.17) is 26.8 Å². The fourth-order valence-corrected chi connectivity index (χ4v) is 3.38. The number of primary amides is 1. The first-order chi connectivity index (χ1) is 13.4. The van der Waals surface area contributed by atoms with E-state index in [0.29, 0.717) is 22.9 Å². The smallest absolute Gasteiger partial charge is 0.252 e. The van der Waals surface area contributed by atoms with Crippen molar-refractivity contribution in [1.29, 1.82) is 0 Å². The molecule has 1 aliphatic heterocycles. The predicted octanol–water partition coefficient (Wildman–Crippen LogP) is 2.64. The molecule has 3 rings (SSSR count). The molecule has 1 aliphatic rings. The van der Waals surface area contributed by atoms with Gasteiger partial charge in [-0.25, -0.2) is 0 Å². The summed E-state index contributed by atoms with van der Waals surface area (Å²) < 4.78 is 11.6. The Bertz CT molecular complexity index is 813. The van der Waals surface area contributed by atoms with Crippen LogP contribution in [0.25, 0.3) is 0 Å². The van der Waals surface area contributed by atoms with E-state index in [2.05, 4.69) is 4.90 Å². The number of β-amino-alcohol motifs (C(OH)–C–C–N with tert-alkyl or cyclic N) is 1. The Labute approximate surface area is 169 Å². The van der Waals surface area contributed by atoms with Crippen molar-refractivity contribution in [2.24, 2.45) is 5.73 Å². The van der Waals surface area contributed by atoms with Crippen molar-refractivity contribution >= 4 is 17.5 Å². The number of ether oxygens (including phenoxy) is 2. The molecule has 2 aromatic rings. The normalized spacial score (nSPS) is 18.0. The number of benzene rings is 2. The highest BCUT2D eigenvalue weighted by molar-refractivity contribution is 6.30. The zero-order valence-corrected chi connectivity index (χ0v) is 16.6. The van der Waals surface area contributed by atoms with Crippen molar-refractivity contribution < 1.29 is 19.4 Å². The van der Waals surface area contributed by atoms with E-state index in [-0.39, 0.29) is 12.7 Å². The highest BCUT2D eigenvalue weighted by Gasteiger charge is 2.26. The van der Waals surface area contributed by atoms with Crippen LogP contribution in [0, 0.1) is 6.92 Å². The lowest BCUT2D eigenvalue weighted by Gasteiger charge is -2.21. The van der Waals surface area contributed by atoms with Gasteiger partial charge < -0.3 is 20.3 Å². The molecule has 28 heavy (non-hydrogen) atoms. The van der Waals surface area contributed by atoms with Crippen LogP contribution in [-0.4, -0.2) is 54.4 Å².